The molecule has 8 rings (SSSR count). The van der Waals surface area contributed by atoms with E-state index in [1.54, 1.807) is 25.3 Å². The lowest BCUT2D eigenvalue weighted by Gasteiger charge is -2.29. The fourth-order valence-corrected chi connectivity index (χ4v) is 7.08. The second-order valence-electron chi connectivity index (χ2n) is 14.0. The van der Waals surface area contributed by atoms with Crippen molar-refractivity contribution in [2.45, 2.75) is 38.8 Å². The quantitative estimate of drug-likeness (QED) is 0.241. The Hall–Kier alpha value is -5.14. The van der Waals surface area contributed by atoms with Crippen molar-refractivity contribution in [2.75, 3.05) is 57.4 Å². The van der Waals surface area contributed by atoms with E-state index in [1.165, 1.54) is 12.3 Å². The van der Waals surface area contributed by atoms with Crippen LogP contribution in [-0.2, 0) is 9.47 Å². The first-order chi connectivity index (χ1) is 24.0. The Labute approximate surface area is 286 Å². The van der Waals surface area contributed by atoms with Gasteiger partial charge in [-0.3, -0.25) is 14.5 Å². The minimum absolute atomic E-state index is 0.0139. The first-order valence-electron chi connectivity index (χ1n) is 16.9. The number of fused-ring (bicyclic) bond motifs is 5. The molecule has 2 fully saturated rings. The number of para-hydroxylation sites is 1. The zero-order chi connectivity index (χ0) is 34.7. The maximum absolute atomic E-state index is 16.4. The van der Waals surface area contributed by atoms with Crippen LogP contribution in [0, 0.1) is 5.82 Å². The number of carbonyl (C=O) groups is 2. The van der Waals surface area contributed by atoms with E-state index in [0.29, 0.717) is 73.9 Å². The molecule has 12 nitrogen and oxygen atoms in total. The van der Waals surface area contributed by atoms with Gasteiger partial charge in [0.25, 0.3) is 5.91 Å². The number of ether oxygens (including phenoxy) is 3. The smallest absolute Gasteiger partial charge is 0.407 e. The molecule has 2 aromatic heterocycles. The summed E-state index contributed by atoms with van der Waals surface area (Å²) in [6.07, 6.45) is 1.51. The van der Waals surface area contributed by atoms with Gasteiger partial charge < -0.3 is 38.7 Å². The van der Waals surface area contributed by atoms with Crippen molar-refractivity contribution in [3.8, 4) is 17.2 Å². The lowest BCUT2D eigenvalue weighted by atomic mass is 10.0. The highest BCUT2D eigenvalue weighted by Crippen LogP contribution is 2.49. The SMILES string of the molecule is CC(C)(C)OC(=O)NC1CCN(c2c(F)cc3c(=O)c(C(=O)NCCN4CCOCC4)cn4c3c2Oc2cc3c(cc2-4)oc2ccccc23)C1. The van der Waals surface area contributed by atoms with Crippen LogP contribution in [0.4, 0.5) is 14.9 Å². The van der Waals surface area contributed by atoms with Gasteiger partial charge in [-0.1, -0.05) is 18.2 Å². The van der Waals surface area contributed by atoms with Crippen LogP contribution in [0.15, 0.2) is 57.9 Å². The Morgan fingerprint density at radius 2 is 1.82 bits per heavy atom. The summed E-state index contributed by atoms with van der Waals surface area (Å²) >= 11 is 0. The summed E-state index contributed by atoms with van der Waals surface area (Å²) in [6, 6.07) is 12.2. The topological polar surface area (TPSA) is 128 Å². The molecule has 260 valence electrons. The molecule has 0 spiro atoms. The Balaban J connectivity index is 1.21. The minimum atomic E-state index is -0.669. The van der Waals surface area contributed by atoms with Gasteiger partial charge in [0, 0.05) is 62.3 Å². The van der Waals surface area contributed by atoms with E-state index in [-0.39, 0.29) is 28.4 Å². The third-order valence-electron chi connectivity index (χ3n) is 9.39. The number of pyridine rings is 1. The predicted octanol–water partition coefficient (Wildman–Crippen LogP) is 5.30. The van der Waals surface area contributed by atoms with E-state index < -0.39 is 28.8 Å². The Morgan fingerprint density at radius 1 is 1.02 bits per heavy atom. The van der Waals surface area contributed by atoms with Crippen LogP contribution >= 0.6 is 0 Å². The number of morpholine rings is 1. The summed E-state index contributed by atoms with van der Waals surface area (Å²) in [4.78, 5) is 44.1. The Morgan fingerprint density at radius 3 is 2.62 bits per heavy atom. The molecule has 1 unspecified atom stereocenters. The molecule has 2 saturated heterocycles. The van der Waals surface area contributed by atoms with Crippen molar-refractivity contribution in [1.29, 1.82) is 0 Å². The number of alkyl carbamates (subject to hydrolysis) is 1. The Bertz CT molecular complexity index is 2230. The number of benzene rings is 3. The number of hydrogen-bond acceptors (Lipinski definition) is 9. The maximum Gasteiger partial charge on any atom is 0.407 e. The summed E-state index contributed by atoms with van der Waals surface area (Å²) in [6.45, 7) is 9.84. The van der Waals surface area contributed by atoms with Crippen LogP contribution in [0.5, 0.6) is 11.5 Å². The normalized spacial score (nSPS) is 17.6. The second-order valence-corrected chi connectivity index (χ2v) is 14.0. The number of hydrogen-bond donors (Lipinski definition) is 2. The van der Waals surface area contributed by atoms with Gasteiger partial charge in [0.05, 0.1) is 30.3 Å². The third-order valence-corrected chi connectivity index (χ3v) is 9.39. The zero-order valence-electron chi connectivity index (χ0n) is 28.1. The molecule has 0 saturated carbocycles. The van der Waals surface area contributed by atoms with Crippen molar-refractivity contribution in [3.05, 3.63) is 70.3 Å². The van der Waals surface area contributed by atoms with E-state index >= 15 is 4.39 Å². The molecule has 13 heteroatoms. The number of amides is 2. The molecular weight excluding hydrogens is 645 g/mol. The molecule has 1 atom stereocenters. The van der Waals surface area contributed by atoms with Crippen LogP contribution in [-0.4, -0.2) is 85.6 Å². The number of furan rings is 1. The van der Waals surface area contributed by atoms with Crippen molar-refractivity contribution >= 4 is 50.5 Å². The lowest BCUT2D eigenvalue weighted by Crippen LogP contribution is -2.42. The fraction of sp³-hybridized carbons (Fsp3) is 0.378. The number of halogens is 1. The van der Waals surface area contributed by atoms with Crippen molar-refractivity contribution in [3.63, 3.8) is 0 Å². The monoisotopic (exact) mass is 683 g/mol. The molecule has 0 aliphatic carbocycles. The summed E-state index contributed by atoms with van der Waals surface area (Å²) in [5, 5.41) is 7.48. The van der Waals surface area contributed by atoms with Gasteiger partial charge in [0.1, 0.15) is 33.5 Å². The standard InChI is InChI=1S/C37H38FN5O7/c1-37(2,3)50-36(46)40-21-8-10-42(19-21)32-26(38)16-24-31-34(32)49-30-17-23-22-6-4-5-7-28(22)48-29(23)18-27(30)43(31)20-25(33(24)44)35(45)39-9-11-41-12-14-47-15-13-41/h4-7,16-18,20-21H,8-15,19H2,1-3H3,(H,39,45)(H,40,46). The predicted molar refractivity (Wildman–Crippen MR) is 186 cm³/mol. The van der Waals surface area contributed by atoms with Gasteiger partial charge in [-0.05, 0) is 45.4 Å². The average Bonchev–Trinajstić information content (AvgIpc) is 3.68. The summed E-state index contributed by atoms with van der Waals surface area (Å²) in [7, 11) is 0. The molecule has 2 N–H and O–H groups in total. The molecule has 2 amide bonds. The highest BCUT2D eigenvalue weighted by molar-refractivity contribution is 6.07. The zero-order valence-corrected chi connectivity index (χ0v) is 28.1. The van der Waals surface area contributed by atoms with Gasteiger partial charge in [-0.25, -0.2) is 9.18 Å². The molecular formula is C37H38FN5O7. The van der Waals surface area contributed by atoms with Crippen LogP contribution in [0.2, 0.25) is 0 Å². The van der Waals surface area contributed by atoms with Crippen LogP contribution in [0.3, 0.4) is 0 Å². The van der Waals surface area contributed by atoms with Crippen molar-refractivity contribution in [2.24, 2.45) is 0 Å². The van der Waals surface area contributed by atoms with Gasteiger partial charge in [0.2, 0.25) is 5.43 Å². The lowest BCUT2D eigenvalue weighted by molar-refractivity contribution is 0.0383. The summed E-state index contributed by atoms with van der Waals surface area (Å²) in [5.41, 5.74) is 0.963. The van der Waals surface area contributed by atoms with Gasteiger partial charge in [0.15, 0.2) is 17.3 Å². The van der Waals surface area contributed by atoms with Crippen LogP contribution < -0.4 is 25.7 Å². The molecule has 50 heavy (non-hydrogen) atoms. The average molecular weight is 684 g/mol. The van der Waals surface area contributed by atoms with E-state index in [1.807, 2.05) is 41.3 Å². The third kappa shape index (κ3) is 5.79. The van der Waals surface area contributed by atoms with Crippen molar-refractivity contribution in [1.82, 2.24) is 20.1 Å². The molecule has 3 aliphatic rings. The first kappa shape index (κ1) is 32.1. The highest BCUT2D eigenvalue weighted by Gasteiger charge is 2.35. The number of rotatable bonds is 6. The largest absolute Gasteiger partial charge is 0.456 e. The number of aromatic nitrogens is 1. The molecule has 5 aromatic rings. The molecule has 0 radical (unpaired) electrons. The minimum Gasteiger partial charge on any atom is -0.456 e. The van der Waals surface area contributed by atoms with E-state index in [0.717, 1.165) is 23.9 Å². The fourth-order valence-electron chi connectivity index (χ4n) is 7.08. The van der Waals surface area contributed by atoms with E-state index in [2.05, 4.69) is 15.5 Å². The van der Waals surface area contributed by atoms with Crippen LogP contribution in [0.25, 0.3) is 38.5 Å². The Kier molecular flexibility index (Phi) is 7.91. The summed E-state index contributed by atoms with van der Waals surface area (Å²) < 4.78 is 41.7. The number of nitrogens with one attached hydrogen (secondary N) is 2. The van der Waals surface area contributed by atoms with Gasteiger partial charge in [-0.2, -0.15) is 0 Å². The maximum atomic E-state index is 16.4. The first-order valence-corrected chi connectivity index (χ1v) is 16.9. The molecule has 5 heterocycles. The number of nitrogens with zero attached hydrogens (tertiary/aromatic N) is 3. The molecule has 0 bridgehead atoms. The van der Waals surface area contributed by atoms with Gasteiger partial charge >= 0.3 is 6.09 Å². The summed E-state index contributed by atoms with van der Waals surface area (Å²) in [5.74, 6) is -0.644. The van der Waals surface area contributed by atoms with E-state index in [4.69, 9.17) is 18.6 Å². The molecule has 3 aliphatic heterocycles. The van der Waals surface area contributed by atoms with E-state index in [9.17, 15) is 14.4 Å². The second kappa shape index (κ2) is 12.3. The highest BCUT2D eigenvalue weighted by atomic mass is 19.1. The van der Waals surface area contributed by atoms with Crippen molar-refractivity contribution < 1.29 is 32.6 Å². The van der Waals surface area contributed by atoms with Crippen LogP contribution in [0.1, 0.15) is 37.6 Å². The van der Waals surface area contributed by atoms with Gasteiger partial charge in [-0.15, -0.1) is 0 Å². The number of anilines is 1. The number of carbonyl (C=O) groups excluding carboxylic acids is 2. The molecule has 3 aromatic carbocycles.